The molecule has 0 bridgehead atoms. The van der Waals surface area contributed by atoms with Crippen molar-refractivity contribution in [3.8, 4) is 17.0 Å². The molecule has 5 rings (SSSR count). The van der Waals surface area contributed by atoms with Gasteiger partial charge in [-0.15, -0.1) is 0 Å². The highest BCUT2D eigenvalue weighted by Gasteiger charge is 2.34. The van der Waals surface area contributed by atoms with Crippen LogP contribution >= 0.6 is 15.9 Å². The van der Waals surface area contributed by atoms with Crippen molar-refractivity contribution >= 4 is 48.3 Å². The smallest absolute Gasteiger partial charge is 0.339 e. The number of ketones is 1. The lowest BCUT2D eigenvalue weighted by atomic mass is 10.0. The van der Waals surface area contributed by atoms with Gasteiger partial charge in [-0.1, -0.05) is 33.6 Å². The lowest BCUT2D eigenvalue weighted by molar-refractivity contribution is -0.384. The number of aromatic nitrogens is 1. The zero-order valence-electron chi connectivity index (χ0n) is 19.4. The minimum Gasteiger partial charge on any atom is -0.379 e. The number of halogens is 1. The Kier molecular flexibility index (Phi) is 6.20. The van der Waals surface area contributed by atoms with E-state index in [1.807, 2.05) is 6.92 Å². The summed E-state index contributed by atoms with van der Waals surface area (Å²) in [5.74, 6) is -0.468. The first-order valence-corrected chi connectivity index (χ1v) is 13.8. The number of nitrogens with zero attached hydrogens (tertiary/aromatic N) is 2. The first kappa shape index (κ1) is 24.8. The normalized spacial score (nSPS) is 12.4. The number of aryl methyl sites for hydroxylation is 1. The van der Waals surface area contributed by atoms with E-state index in [9.17, 15) is 28.1 Å². The van der Waals surface area contributed by atoms with Gasteiger partial charge in [-0.05, 0) is 49.7 Å². The number of alkyl halides is 1. The second kappa shape index (κ2) is 9.24. The SMILES string of the molecule is Cc1ccc(S(=O)(=O)Oc2ccc3c(c2)C(=O)c2c-3n(CCCBr)c(=O)c3cc([N+](=O)[O-])ccc23)cc1. The van der Waals surface area contributed by atoms with E-state index in [2.05, 4.69) is 15.9 Å². The molecule has 1 heterocycles. The molecule has 0 amide bonds. The number of fused-ring (bicyclic) bond motifs is 5. The maximum absolute atomic E-state index is 13.6. The Hall–Kier alpha value is -3.83. The van der Waals surface area contributed by atoms with Crippen molar-refractivity contribution in [2.24, 2.45) is 0 Å². The fourth-order valence-electron chi connectivity index (χ4n) is 4.48. The molecule has 4 aromatic rings. The molecular weight excluding hydrogens is 564 g/mol. The van der Waals surface area contributed by atoms with Crippen LogP contribution < -0.4 is 9.74 Å². The van der Waals surface area contributed by atoms with Crippen LogP contribution in [0.25, 0.3) is 22.0 Å². The van der Waals surface area contributed by atoms with Crippen molar-refractivity contribution in [1.82, 2.24) is 4.57 Å². The third-order valence-electron chi connectivity index (χ3n) is 6.21. The van der Waals surface area contributed by atoms with Gasteiger partial charge in [-0.25, -0.2) is 0 Å². The lowest BCUT2D eigenvalue weighted by Crippen LogP contribution is -2.23. The van der Waals surface area contributed by atoms with Crippen LogP contribution in [0.1, 0.15) is 27.9 Å². The standard InChI is InChI=1S/C26H19BrN2O7S/c1-15-3-7-18(8-4-15)37(34,35)36-17-6-10-20-21(14-17)25(30)23-19-9-5-16(29(32)33)13-22(19)26(31)28(24(20)23)12-2-11-27/h3-10,13-14H,2,11-12H2,1H3. The summed E-state index contributed by atoms with van der Waals surface area (Å²) in [6.07, 6.45) is 0.576. The third-order valence-corrected chi connectivity index (χ3v) is 8.04. The van der Waals surface area contributed by atoms with E-state index in [1.165, 1.54) is 47.0 Å². The molecule has 9 nitrogen and oxygen atoms in total. The molecule has 1 aliphatic rings. The van der Waals surface area contributed by atoms with Gasteiger partial charge in [0.1, 0.15) is 10.6 Å². The van der Waals surface area contributed by atoms with Crippen LogP contribution in [0, 0.1) is 17.0 Å². The molecule has 37 heavy (non-hydrogen) atoms. The van der Waals surface area contributed by atoms with E-state index in [-0.39, 0.29) is 39.4 Å². The molecule has 0 fully saturated rings. The quantitative estimate of drug-likeness (QED) is 0.115. The molecule has 11 heteroatoms. The van der Waals surface area contributed by atoms with Gasteiger partial charge in [0.25, 0.3) is 11.2 Å². The van der Waals surface area contributed by atoms with Crippen LogP contribution in [0.5, 0.6) is 5.75 Å². The van der Waals surface area contributed by atoms with Crippen LogP contribution in [0.4, 0.5) is 5.69 Å². The predicted octanol–water partition coefficient (Wildman–Crippen LogP) is 4.98. The second-order valence-electron chi connectivity index (χ2n) is 8.60. The third kappa shape index (κ3) is 4.23. The molecule has 1 aromatic heterocycles. The minimum atomic E-state index is -4.14. The molecule has 0 atom stereocenters. The lowest BCUT2D eigenvalue weighted by Gasteiger charge is -2.14. The van der Waals surface area contributed by atoms with Crippen molar-refractivity contribution in [2.75, 3.05) is 5.33 Å². The number of benzene rings is 3. The van der Waals surface area contributed by atoms with Crippen LogP contribution in [-0.4, -0.2) is 29.0 Å². The van der Waals surface area contributed by atoms with Gasteiger partial charge in [0, 0.05) is 40.5 Å². The highest BCUT2D eigenvalue weighted by Crippen LogP contribution is 2.41. The molecule has 1 aliphatic carbocycles. The van der Waals surface area contributed by atoms with E-state index in [4.69, 9.17) is 4.18 Å². The Morgan fingerprint density at radius 3 is 2.38 bits per heavy atom. The average Bonchev–Trinajstić information content (AvgIpc) is 3.15. The number of carbonyl (C=O) groups excluding carboxylic acids is 1. The molecule has 0 saturated carbocycles. The Balaban J connectivity index is 1.66. The Bertz CT molecular complexity index is 1780. The second-order valence-corrected chi connectivity index (χ2v) is 10.9. The van der Waals surface area contributed by atoms with Gasteiger partial charge in [0.2, 0.25) is 0 Å². The number of hydrogen-bond acceptors (Lipinski definition) is 7. The zero-order valence-corrected chi connectivity index (χ0v) is 21.8. The monoisotopic (exact) mass is 582 g/mol. The zero-order chi connectivity index (χ0) is 26.5. The van der Waals surface area contributed by atoms with Crippen molar-refractivity contribution in [3.63, 3.8) is 0 Å². The van der Waals surface area contributed by atoms with E-state index in [0.717, 1.165) is 5.56 Å². The molecule has 0 unspecified atom stereocenters. The molecule has 0 radical (unpaired) electrons. The first-order valence-electron chi connectivity index (χ1n) is 11.2. The topological polar surface area (TPSA) is 126 Å². The number of hydrogen-bond donors (Lipinski definition) is 0. The van der Waals surface area contributed by atoms with E-state index in [0.29, 0.717) is 28.4 Å². The summed E-state index contributed by atoms with van der Waals surface area (Å²) < 4.78 is 32.3. The van der Waals surface area contributed by atoms with Gasteiger partial charge in [0.15, 0.2) is 5.78 Å². The molecule has 0 aliphatic heterocycles. The van der Waals surface area contributed by atoms with E-state index < -0.39 is 26.4 Å². The van der Waals surface area contributed by atoms with Crippen molar-refractivity contribution in [1.29, 1.82) is 0 Å². The van der Waals surface area contributed by atoms with Crippen molar-refractivity contribution in [2.45, 2.75) is 24.8 Å². The van der Waals surface area contributed by atoms with Crippen LogP contribution in [0.2, 0.25) is 0 Å². The van der Waals surface area contributed by atoms with E-state index in [1.54, 1.807) is 18.2 Å². The van der Waals surface area contributed by atoms with Gasteiger partial charge in [-0.2, -0.15) is 8.42 Å². The summed E-state index contributed by atoms with van der Waals surface area (Å²) in [7, 11) is -4.14. The molecular formula is C26H19BrN2O7S. The van der Waals surface area contributed by atoms with Crippen molar-refractivity contribution < 1.29 is 22.3 Å². The summed E-state index contributed by atoms with van der Waals surface area (Å²) in [6, 6.07) is 14.4. The molecule has 188 valence electrons. The van der Waals surface area contributed by atoms with Gasteiger partial charge >= 0.3 is 10.1 Å². The fraction of sp³-hybridized carbons (Fsp3) is 0.154. The summed E-state index contributed by atoms with van der Waals surface area (Å²) in [5.41, 5.74) is 1.49. The van der Waals surface area contributed by atoms with Crippen LogP contribution in [0.3, 0.4) is 0 Å². The predicted molar refractivity (Wildman–Crippen MR) is 141 cm³/mol. The van der Waals surface area contributed by atoms with Crippen LogP contribution in [0.15, 0.2) is 70.4 Å². The average molecular weight is 583 g/mol. The van der Waals surface area contributed by atoms with E-state index >= 15 is 0 Å². The first-order chi connectivity index (χ1) is 17.6. The highest BCUT2D eigenvalue weighted by molar-refractivity contribution is 9.09. The molecule has 0 N–H and O–H groups in total. The summed E-state index contributed by atoms with van der Waals surface area (Å²) in [4.78, 5) is 37.8. The summed E-state index contributed by atoms with van der Waals surface area (Å²) in [6.45, 7) is 2.11. The fourth-order valence-corrected chi connectivity index (χ4v) is 5.65. The molecule has 0 spiro atoms. The largest absolute Gasteiger partial charge is 0.379 e. The summed E-state index contributed by atoms with van der Waals surface area (Å²) >= 11 is 3.35. The Labute approximate surface area is 219 Å². The van der Waals surface area contributed by atoms with Gasteiger partial charge in [0.05, 0.1) is 21.6 Å². The van der Waals surface area contributed by atoms with Gasteiger partial charge < -0.3 is 8.75 Å². The Morgan fingerprint density at radius 1 is 0.973 bits per heavy atom. The Morgan fingerprint density at radius 2 is 1.70 bits per heavy atom. The molecule has 3 aromatic carbocycles. The minimum absolute atomic E-state index is 0.0237. The number of nitro benzene ring substituents is 1. The van der Waals surface area contributed by atoms with Crippen LogP contribution in [-0.2, 0) is 16.7 Å². The highest BCUT2D eigenvalue weighted by atomic mass is 79.9. The molecule has 0 saturated heterocycles. The number of non-ortho nitro benzene ring substituents is 1. The maximum atomic E-state index is 13.6. The number of carbonyl (C=O) groups is 1. The van der Waals surface area contributed by atoms with Gasteiger partial charge in [-0.3, -0.25) is 19.7 Å². The maximum Gasteiger partial charge on any atom is 0.339 e. The number of nitro groups is 1. The van der Waals surface area contributed by atoms with Crippen molar-refractivity contribution in [3.05, 3.63) is 97.8 Å². The number of pyridine rings is 1. The summed E-state index contributed by atoms with van der Waals surface area (Å²) in [5, 5.41) is 12.3. The number of rotatable bonds is 7.